The van der Waals surface area contributed by atoms with Gasteiger partial charge in [-0.25, -0.2) is 18.0 Å². The van der Waals surface area contributed by atoms with Crippen LogP contribution in [0.3, 0.4) is 0 Å². The summed E-state index contributed by atoms with van der Waals surface area (Å²) in [6, 6.07) is 8.02. The number of carbonyl (C=O) groups excluding carboxylic acids is 2. The largest absolute Gasteiger partial charge is 0.322 e. The number of likely N-dealkylation sites (N-methyl/N-ethyl adjacent to an activating group) is 1. The van der Waals surface area contributed by atoms with Crippen LogP contribution in [0.5, 0.6) is 0 Å². The van der Waals surface area contributed by atoms with Crippen LogP contribution < -0.4 is 10.6 Å². The molecule has 0 aromatic heterocycles. The van der Waals surface area contributed by atoms with Crippen LogP contribution >= 0.6 is 0 Å². The highest BCUT2D eigenvalue weighted by Crippen LogP contribution is 2.18. The third kappa shape index (κ3) is 4.72. The molecule has 2 N–H and O–H groups in total. The summed E-state index contributed by atoms with van der Waals surface area (Å²) in [4.78, 5) is 25.2. The smallest absolute Gasteiger partial charge is 0.320 e. The number of benzene rings is 2. The van der Waals surface area contributed by atoms with E-state index >= 15 is 0 Å². The molecule has 0 unspecified atom stereocenters. The van der Waals surface area contributed by atoms with Crippen LogP contribution in [0.4, 0.5) is 29.3 Å². The van der Waals surface area contributed by atoms with Crippen molar-refractivity contribution >= 4 is 23.3 Å². The molecule has 2 aromatic carbocycles. The number of anilines is 2. The Morgan fingerprint density at radius 3 is 2.12 bits per heavy atom. The number of carbonyl (C=O) groups is 2. The van der Waals surface area contributed by atoms with Crippen LogP contribution in [0.1, 0.15) is 6.92 Å². The van der Waals surface area contributed by atoms with Crippen molar-refractivity contribution in [3.8, 4) is 0 Å². The molecule has 0 atom stereocenters. The lowest BCUT2D eigenvalue weighted by Gasteiger charge is -2.21. The van der Waals surface area contributed by atoms with Gasteiger partial charge in [0.05, 0.1) is 5.69 Å². The quantitative estimate of drug-likeness (QED) is 0.865. The summed E-state index contributed by atoms with van der Waals surface area (Å²) < 4.78 is 40.6. The van der Waals surface area contributed by atoms with Gasteiger partial charge in [0.2, 0.25) is 5.91 Å². The Balaban J connectivity index is 2.02. The van der Waals surface area contributed by atoms with E-state index in [1.165, 1.54) is 24.3 Å². The van der Waals surface area contributed by atoms with Gasteiger partial charge in [0, 0.05) is 6.54 Å². The fraction of sp³-hybridized carbons (Fsp3) is 0.176. The Hall–Kier alpha value is -3.03. The first-order valence-corrected chi connectivity index (χ1v) is 7.46. The fourth-order valence-electron chi connectivity index (χ4n) is 2.05. The molecule has 25 heavy (non-hydrogen) atoms. The highest BCUT2D eigenvalue weighted by Gasteiger charge is 2.19. The first kappa shape index (κ1) is 18.3. The molecular weight excluding hydrogens is 335 g/mol. The maximum atomic E-state index is 13.6. The van der Waals surface area contributed by atoms with E-state index in [0.717, 1.165) is 17.0 Å². The molecule has 2 rings (SSSR count). The molecular formula is C17H16F3N3O2. The lowest BCUT2D eigenvalue weighted by molar-refractivity contribution is -0.116. The molecule has 0 radical (unpaired) electrons. The second kappa shape index (κ2) is 8.18. The zero-order valence-corrected chi connectivity index (χ0v) is 13.4. The summed E-state index contributed by atoms with van der Waals surface area (Å²) in [5.74, 6) is -3.25. The maximum absolute atomic E-state index is 13.6. The third-order valence-corrected chi connectivity index (χ3v) is 3.35. The Labute approximate surface area is 142 Å². The van der Waals surface area contributed by atoms with Crippen LogP contribution in [0, 0.1) is 17.5 Å². The average Bonchev–Trinajstić information content (AvgIpc) is 2.58. The summed E-state index contributed by atoms with van der Waals surface area (Å²) in [5, 5.41) is 4.43. The molecule has 2 aromatic rings. The van der Waals surface area contributed by atoms with E-state index in [9.17, 15) is 22.8 Å². The molecule has 5 nitrogen and oxygen atoms in total. The summed E-state index contributed by atoms with van der Waals surface area (Å²) in [7, 11) is 0. The number of urea groups is 1. The SMILES string of the molecule is CCN(CC(=O)Nc1c(F)cccc1F)C(=O)Nc1ccccc1F. The molecule has 0 aliphatic heterocycles. The first-order valence-electron chi connectivity index (χ1n) is 7.46. The molecule has 0 saturated heterocycles. The number of rotatable bonds is 5. The molecule has 3 amide bonds. The van der Waals surface area contributed by atoms with Crippen LogP contribution in [-0.4, -0.2) is 29.9 Å². The van der Waals surface area contributed by atoms with E-state index in [4.69, 9.17) is 0 Å². The molecule has 0 heterocycles. The predicted molar refractivity (Wildman–Crippen MR) is 87.7 cm³/mol. The number of hydrogen-bond acceptors (Lipinski definition) is 2. The monoisotopic (exact) mass is 351 g/mol. The van der Waals surface area contributed by atoms with Gasteiger partial charge in [-0.15, -0.1) is 0 Å². The van der Waals surface area contributed by atoms with Crippen molar-refractivity contribution in [2.45, 2.75) is 6.92 Å². The van der Waals surface area contributed by atoms with Crippen LogP contribution in [0.25, 0.3) is 0 Å². The fourth-order valence-corrected chi connectivity index (χ4v) is 2.05. The number of amides is 3. The molecule has 8 heteroatoms. The standard InChI is InChI=1S/C17H16F3N3O2/c1-2-23(17(25)21-14-9-4-3-6-11(14)18)10-15(24)22-16-12(19)7-5-8-13(16)20/h3-9H,2,10H2,1H3,(H,21,25)(H,22,24). The second-order valence-corrected chi connectivity index (χ2v) is 5.07. The van der Waals surface area contributed by atoms with Crippen molar-refractivity contribution in [2.24, 2.45) is 0 Å². The van der Waals surface area contributed by atoms with Gasteiger partial charge >= 0.3 is 6.03 Å². The van der Waals surface area contributed by atoms with Crippen molar-refractivity contribution in [3.63, 3.8) is 0 Å². The van der Waals surface area contributed by atoms with Gasteiger partial charge < -0.3 is 15.5 Å². The predicted octanol–water partition coefficient (Wildman–Crippen LogP) is 3.60. The average molecular weight is 351 g/mol. The highest BCUT2D eigenvalue weighted by molar-refractivity contribution is 5.97. The highest BCUT2D eigenvalue weighted by atomic mass is 19.1. The Kier molecular flexibility index (Phi) is 5.99. The molecule has 0 aliphatic rings. The number of para-hydroxylation sites is 2. The minimum Gasteiger partial charge on any atom is -0.320 e. The van der Waals surface area contributed by atoms with Gasteiger partial charge in [-0.2, -0.15) is 0 Å². The maximum Gasteiger partial charge on any atom is 0.322 e. The van der Waals surface area contributed by atoms with E-state index in [1.54, 1.807) is 13.0 Å². The van der Waals surface area contributed by atoms with E-state index in [2.05, 4.69) is 10.6 Å². The van der Waals surface area contributed by atoms with Crippen LogP contribution in [-0.2, 0) is 4.79 Å². The second-order valence-electron chi connectivity index (χ2n) is 5.07. The zero-order valence-electron chi connectivity index (χ0n) is 13.4. The topological polar surface area (TPSA) is 61.4 Å². The Bertz CT molecular complexity index is 763. The van der Waals surface area contributed by atoms with E-state index < -0.39 is 41.6 Å². The lowest BCUT2D eigenvalue weighted by Crippen LogP contribution is -2.40. The van der Waals surface area contributed by atoms with Gasteiger partial charge in [0.15, 0.2) is 0 Å². The summed E-state index contributed by atoms with van der Waals surface area (Å²) in [5.41, 5.74) is -0.621. The molecule has 0 fully saturated rings. The van der Waals surface area contributed by atoms with E-state index in [1.807, 2.05) is 0 Å². The first-order chi connectivity index (χ1) is 11.9. The lowest BCUT2D eigenvalue weighted by atomic mass is 10.3. The molecule has 0 spiro atoms. The van der Waals surface area contributed by atoms with E-state index in [0.29, 0.717) is 0 Å². The minimum absolute atomic E-state index is 0.0356. The van der Waals surface area contributed by atoms with Gasteiger partial charge in [-0.05, 0) is 31.2 Å². The van der Waals surface area contributed by atoms with Gasteiger partial charge in [-0.3, -0.25) is 4.79 Å². The van der Waals surface area contributed by atoms with Gasteiger partial charge in [-0.1, -0.05) is 18.2 Å². The summed E-state index contributed by atoms with van der Waals surface area (Å²) >= 11 is 0. The number of hydrogen-bond donors (Lipinski definition) is 2. The summed E-state index contributed by atoms with van der Waals surface area (Å²) in [6.07, 6.45) is 0. The number of nitrogens with one attached hydrogen (secondary N) is 2. The van der Waals surface area contributed by atoms with E-state index in [-0.39, 0.29) is 12.2 Å². The van der Waals surface area contributed by atoms with Crippen molar-refractivity contribution < 1.29 is 22.8 Å². The molecule has 0 saturated carbocycles. The van der Waals surface area contributed by atoms with Crippen molar-refractivity contribution in [3.05, 3.63) is 59.9 Å². The van der Waals surface area contributed by atoms with Crippen LogP contribution in [0.15, 0.2) is 42.5 Å². The van der Waals surface area contributed by atoms with Crippen molar-refractivity contribution in [1.29, 1.82) is 0 Å². The van der Waals surface area contributed by atoms with Crippen LogP contribution in [0.2, 0.25) is 0 Å². The van der Waals surface area contributed by atoms with Crippen molar-refractivity contribution in [1.82, 2.24) is 4.90 Å². The molecule has 0 aliphatic carbocycles. The zero-order chi connectivity index (χ0) is 18.4. The molecule has 0 bridgehead atoms. The van der Waals surface area contributed by atoms with Gasteiger partial charge in [0.25, 0.3) is 0 Å². The number of halogens is 3. The van der Waals surface area contributed by atoms with Gasteiger partial charge in [0.1, 0.15) is 29.7 Å². The minimum atomic E-state index is -0.924. The number of nitrogens with zero attached hydrogens (tertiary/aromatic N) is 1. The Morgan fingerprint density at radius 1 is 0.920 bits per heavy atom. The third-order valence-electron chi connectivity index (χ3n) is 3.35. The van der Waals surface area contributed by atoms with Crippen molar-refractivity contribution in [2.75, 3.05) is 23.7 Å². The normalized spacial score (nSPS) is 10.2. The summed E-state index contributed by atoms with van der Waals surface area (Å²) in [6.45, 7) is 1.29. The Morgan fingerprint density at radius 2 is 1.52 bits per heavy atom. The molecule has 132 valence electrons.